The molecule has 2 aliphatic heterocycles. The monoisotopic (exact) mass is 432 g/mol. The maximum Gasteiger partial charge on any atom is 0.295 e. The van der Waals surface area contributed by atoms with Crippen LogP contribution < -0.4 is 9.47 Å². The number of ether oxygens (including phenoxy) is 2. The minimum Gasteiger partial charge on any atom is -0.507 e. The zero-order valence-electron chi connectivity index (χ0n) is 18.0. The van der Waals surface area contributed by atoms with Crippen LogP contribution in [0.2, 0.25) is 0 Å². The van der Waals surface area contributed by atoms with Gasteiger partial charge in [-0.05, 0) is 30.7 Å². The third-order valence-electron chi connectivity index (χ3n) is 6.16. The lowest BCUT2D eigenvalue weighted by Gasteiger charge is -2.24. The molecule has 0 saturated carbocycles. The van der Waals surface area contributed by atoms with Crippen LogP contribution in [-0.4, -0.2) is 39.6 Å². The van der Waals surface area contributed by atoms with Gasteiger partial charge in [-0.1, -0.05) is 31.5 Å². The van der Waals surface area contributed by atoms with Gasteiger partial charge in [0.15, 0.2) is 11.5 Å². The van der Waals surface area contributed by atoms with Gasteiger partial charge in [-0.15, -0.1) is 0 Å². The van der Waals surface area contributed by atoms with Gasteiger partial charge in [0.05, 0.1) is 11.6 Å². The normalized spacial score (nSPS) is 19.3. The summed E-state index contributed by atoms with van der Waals surface area (Å²) in [6.07, 6.45) is 3.58. The fourth-order valence-electron chi connectivity index (χ4n) is 4.55. The van der Waals surface area contributed by atoms with Gasteiger partial charge in [-0.3, -0.25) is 9.59 Å². The second-order valence-corrected chi connectivity index (χ2v) is 8.13. The van der Waals surface area contributed by atoms with Crippen LogP contribution in [0.1, 0.15) is 36.9 Å². The summed E-state index contributed by atoms with van der Waals surface area (Å²) in [4.78, 5) is 27.8. The molecule has 164 valence electrons. The number of hydrogen-bond acceptors (Lipinski definition) is 5. The highest BCUT2D eigenvalue weighted by Gasteiger charge is 2.46. The Morgan fingerprint density at radius 2 is 1.91 bits per heavy atom. The number of carbonyl (C=O) groups is 2. The number of unbranched alkanes of at least 4 members (excludes halogenated alkanes) is 1. The number of ketones is 1. The van der Waals surface area contributed by atoms with E-state index in [2.05, 4.69) is 0 Å². The standard InChI is InChI=1S/C25H24N2O5/c1-3-4-11-27-22(17-13-26(2)18-8-6-5-7-16(17)18)21(24(29)25(27)30)23(28)15-9-10-19-20(12-15)32-14-31-19/h5-10,12-13,22,28H,3-4,11,14H2,1-2H3/b23-21+. The zero-order chi connectivity index (χ0) is 22.4. The number of para-hydroxylation sites is 1. The van der Waals surface area contributed by atoms with E-state index in [9.17, 15) is 14.7 Å². The highest BCUT2D eigenvalue weighted by atomic mass is 16.7. The molecule has 1 amide bonds. The SMILES string of the molecule is CCCCN1C(=O)C(=O)/C(=C(/O)c2ccc3c(c2)OCO3)C1c1cn(C)c2ccccc12. The van der Waals surface area contributed by atoms with Crippen LogP contribution >= 0.6 is 0 Å². The molecule has 0 radical (unpaired) electrons. The third-order valence-corrected chi connectivity index (χ3v) is 6.16. The molecule has 7 heteroatoms. The largest absolute Gasteiger partial charge is 0.507 e. The molecule has 32 heavy (non-hydrogen) atoms. The number of hydrogen-bond donors (Lipinski definition) is 1. The number of amides is 1. The summed E-state index contributed by atoms with van der Waals surface area (Å²) in [6.45, 7) is 2.58. The van der Waals surface area contributed by atoms with Gasteiger partial charge < -0.3 is 24.0 Å². The molecule has 1 fully saturated rings. The average Bonchev–Trinajstić information content (AvgIpc) is 3.47. The Morgan fingerprint density at radius 3 is 2.72 bits per heavy atom. The average molecular weight is 432 g/mol. The first-order valence-corrected chi connectivity index (χ1v) is 10.7. The van der Waals surface area contributed by atoms with Crippen molar-refractivity contribution in [3.8, 4) is 11.5 Å². The predicted molar refractivity (Wildman–Crippen MR) is 119 cm³/mol. The smallest absolute Gasteiger partial charge is 0.295 e. The summed E-state index contributed by atoms with van der Waals surface area (Å²) in [7, 11) is 1.93. The zero-order valence-corrected chi connectivity index (χ0v) is 18.0. The van der Waals surface area contributed by atoms with Crippen LogP contribution in [0.15, 0.2) is 54.2 Å². The number of aromatic nitrogens is 1. The molecule has 0 bridgehead atoms. The first-order chi connectivity index (χ1) is 15.5. The van der Waals surface area contributed by atoms with Crippen molar-refractivity contribution in [1.82, 2.24) is 9.47 Å². The van der Waals surface area contributed by atoms with E-state index in [1.54, 1.807) is 23.1 Å². The molecule has 1 unspecified atom stereocenters. The summed E-state index contributed by atoms with van der Waals surface area (Å²) in [6, 6.07) is 12.2. The number of fused-ring (bicyclic) bond motifs is 2. The number of rotatable bonds is 5. The molecule has 7 nitrogen and oxygen atoms in total. The fourth-order valence-corrected chi connectivity index (χ4v) is 4.55. The summed E-state index contributed by atoms with van der Waals surface area (Å²) < 4.78 is 12.8. The minimum absolute atomic E-state index is 0.0984. The number of carbonyl (C=O) groups excluding carboxylic acids is 2. The molecule has 0 spiro atoms. The Bertz CT molecular complexity index is 1270. The van der Waals surface area contributed by atoms with Crippen molar-refractivity contribution in [2.45, 2.75) is 25.8 Å². The number of aliphatic hydroxyl groups is 1. The molecule has 0 aliphatic carbocycles. The van der Waals surface area contributed by atoms with E-state index in [0.717, 1.165) is 29.3 Å². The van der Waals surface area contributed by atoms with Crippen LogP contribution in [0, 0.1) is 0 Å². The number of Topliss-reactive ketones (excluding diaryl/α,β-unsaturated/α-hetero) is 1. The summed E-state index contributed by atoms with van der Waals surface area (Å²) >= 11 is 0. The fraction of sp³-hybridized carbons (Fsp3) is 0.280. The number of benzene rings is 2. The topological polar surface area (TPSA) is 81.0 Å². The number of aryl methyl sites for hydroxylation is 1. The summed E-state index contributed by atoms with van der Waals surface area (Å²) in [5.41, 5.74) is 2.32. The quantitative estimate of drug-likeness (QED) is 0.373. The Balaban J connectivity index is 1.71. The molecule has 3 heterocycles. The molecule has 1 atom stereocenters. The molecule has 1 saturated heterocycles. The van der Waals surface area contributed by atoms with E-state index in [4.69, 9.17) is 9.47 Å². The molecule has 5 rings (SSSR count). The van der Waals surface area contributed by atoms with Crippen molar-refractivity contribution in [3.63, 3.8) is 0 Å². The van der Waals surface area contributed by atoms with Crippen LogP contribution in [0.3, 0.4) is 0 Å². The Hall–Kier alpha value is -3.74. The van der Waals surface area contributed by atoms with Crippen molar-refractivity contribution in [2.24, 2.45) is 7.05 Å². The van der Waals surface area contributed by atoms with Crippen molar-refractivity contribution in [3.05, 3.63) is 65.4 Å². The summed E-state index contributed by atoms with van der Waals surface area (Å²) in [5.74, 6) is -0.391. The summed E-state index contributed by atoms with van der Waals surface area (Å²) in [5, 5.41) is 12.2. The van der Waals surface area contributed by atoms with E-state index in [0.29, 0.717) is 23.6 Å². The minimum atomic E-state index is -0.672. The third kappa shape index (κ3) is 3.04. The predicted octanol–water partition coefficient (Wildman–Crippen LogP) is 4.13. The van der Waals surface area contributed by atoms with Gasteiger partial charge in [0, 0.05) is 41.8 Å². The number of aliphatic hydroxyl groups excluding tert-OH is 1. The van der Waals surface area contributed by atoms with Crippen LogP contribution in [0.5, 0.6) is 11.5 Å². The number of nitrogens with zero attached hydrogens (tertiary/aromatic N) is 2. The first-order valence-electron chi connectivity index (χ1n) is 10.7. The second-order valence-electron chi connectivity index (χ2n) is 8.13. The van der Waals surface area contributed by atoms with E-state index in [1.807, 2.05) is 49.0 Å². The first kappa shape index (κ1) is 20.2. The number of likely N-dealkylation sites (tertiary alicyclic amines) is 1. The maximum atomic E-state index is 13.2. The Kier molecular flexibility index (Phi) is 4.89. The van der Waals surface area contributed by atoms with Crippen molar-refractivity contribution in [1.29, 1.82) is 0 Å². The Labute approximate surface area is 185 Å². The van der Waals surface area contributed by atoms with Crippen LogP contribution in [0.25, 0.3) is 16.7 Å². The van der Waals surface area contributed by atoms with Gasteiger partial charge in [0.2, 0.25) is 6.79 Å². The lowest BCUT2D eigenvalue weighted by molar-refractivity contribution is -0.139. The van der Waals surface area contributed by atoms with Gasteiger partial charge in [-0.2, -0.15) is 0 Å². The van der Waals surface area contributed by atoms with Crippen molar-refractivity contribution < 1.29 is 24.2 Å². The highest BCUT2D eigenvalue weighted by Crippen LogP contribution is 2.43. The van der Waals surface area contributed by atoms with Gasteiger partial charge >= 0.3 is 0 Å². The lowest BCUT2D eigenvalue weighted by Crippen LogP contribution is -2.30. The molecule has 1 N–H and O–H groups in total. The Morgan fingerprint density at radius 1 is 1.12 bits per heavy atom. The van der Waals surface area contributed by atoms with Crippen molar-refractivity contribution >= 4 is 28.4 Å². The molecule has 1 aromatic heterocycles. The van der Waals surface area contributed by atoms with E-state index in [1.165, 1.54) is 0 Å². The molecule has 3 aromatic rings. The van der Waals surface area contributed by atoms with E-state index < -0.39 is 17.7 Å². The van der Waals surface area contributed by atoms with Crippen molar-refractivity contribution in [2.75, 3.05) is 13.3 Å². The van der Waals surface area contributed by atoms with Crippen LogP contribution in [-0.2, 0) is 16.6 Å². The lowest BCUT2D eigenvalue weighted by atomic mass is 9.94. The van der Waals surface area contributed by atoms with Gasteiger partial charge in [-0.25, -0.2) is 0 Å². The molecular weight excluding hydrogens is 408 g/mol. The highest BCUT2D eigenvalue weighted by molar-refractivity contribution is 6.46. The van der Waals surface area contributed by atoms with Gasteiger partial charge in [0.25, 0.3) is 11.7 Å². The van der Waals surface area contributed by atoms with E-state index in [-0.39, 0.29) is 18.1 Å². The second kappa shape index (κ2) is 7.75. The molecule has 2 aromatic carbocycles. The molecular formula is C25H24N2O5. The van der Waals surface area contributed by atoms with E-state index >= 15 is 0 Å². The molecule has 2 aliphatic rings. The maximum absolute atomic E-state index is 13.2. The van der Waals surface area contributed by atoms with Gasteiger partial charge in [0.1, 0.15) is 5.76 Å². The van der Waals surface area contributed by atoms with Crippen LogP contribution in [0.4, 0.5) is 0 Å².